The van der Waals surface area contributed by atoms with Gasteiger partial charge in [0, 0.05) is 30.4 Å². The molecule has 0 unspecified atom stereocenters. The van der Waals surface area contributed by atoms with Crippen LogP contribution < -0.4 is 5.32 Å². The van der Waals surface area contributed by atoms with E-state index in [4.69, 9.17) is 9.47 Å². The monoisotopic (exact) mass is 260 g/mol. The largest absolute Gasteiger partial charge is 0.382 e. The Morgan fingerprint density at radius 2 is 2.00 bits per heavy atom. The minimum Gasteiger partial charge on any atom is -0.382 e. The van der Waals surface area contributed by atoms with E-state index in [1.54, 1.807) is 7.11 Å². The molecule has 1 aromatic carbocycles. The molecule has 2 aromatic rings. The number of hydrogen-bond acceptors (Lipinski definition) is 4. The van der Waals surface area contributed by atoms with Gasteiger partial charge < -0.3 is 14.8 Å². The molecule has 0 spiro atoms. The molecule has 0 aliphatic heterocycles. The summed E-state index contributed by atoms with van der Waals surface area (Å²) in [5, 5.41) is 4.54. The second kappa shape index (κ2) is 7.07. The first kappa shape index (κ1) is 13.8. The Hall–Kier alpha value is -1.65. The third kappa shape index (κ3) is 3.91. The zero-order chi connectivity index (χ0) is 13.5. The molecule has 0 saturated heterocycles. The fourth-order valence-corrected chi connectivity index (χ4v) is 1.96. The van der Waals surface area contributed by atoms with Crippen LogP contribution in [0.3, 0.4) is 0 Å². The highest BCUT2D eigenvalue weighted by Gasteiger charge is 2.02. The molecule has 1 aromatic heterocycles. The number of hydrogen-bond donors (Lipinski definition) is 1. The van der Waals surface area contributed by atoms with E-state index in [-0.39, 0.29) is 0 Å². The van der Waals surface area contributed by atoms with Crippen molar-refractivity contribution in [2.24, 2.45) is 0 Å². The summed E-state index contributed by atoms with van der Waals surface area (Å²) in [4.78, 5) is 4.52. The van der Waals surface area contributed by atoms with Gasteiger partial charge in [-0.15, -0.1) is 0 Å². The molecule has 102 valence electrons. The van der Waals surface area contributed by atoms with E-state index in [1.807, 2.05) is 25.1 Å². The SMILES string of the molecule is COCCOCCNc1cc(C)nc2ccccc12. The van der Waals surface area contributed by atoms with Gasteiger partial charge in [-0.3, -0.25) is 4.98 Å². The van der Waals surface area contributed by atoms with Gasteiger partial charge in [-0.05, 0) is 19.1 Å². The normalized spacial score (nSPS) is 10.8. The van der Waals surface area contributed by atoms with Crippen LogP contribution in [-0.4, -0.2) is 38.5 Å². The van der Waals surface area contributed by atoms with Gasteiger partial charge in [0.1, 0.15) is 0 Å². The summed E-state index contributed by atoms with van der Waals surface area (Å²) in [7, 11) is 1.67. The number of benzene rings is 1. The minimum atomic E-state index is 0.633. The van der Waals surface area contributed by atoms with E-state index >= 15 is 0 Å². The lowest BCUT2D eigenvalue weighted by molar-refractivity contribution is 0.0759. The summed E-state index contributed by atoms with van der Waals surface area (Å²) in [5.74, 6) is 0. The molecule has 2 rings (SSSR count). The number of aromatic nitrogens is 1. The van der Waals surface area contributed by atoms with Crippen molar-refractivity contribution in [1.29, 1.82) is 0 Å². The number of nitrogens with zero attached hydrogens (tertiary/aromatic N) is 1. The average molecular weight is 260 g/mol. The Morgan fingerprint density at radius 1 is 1.16 bits per heavy atom. The predicted octanol–water partition coefficient (Wildman–Crippen LogP) is 2.62. The molecular formula is C15H20N2O2. The first-order chi connectivity index (χ1) is 9.31. The van der Waals surface area contributed by atoms with Crippen molar-refractivity contribution in [1.82, 2.24) is 4.98 Å². The maximum absolute atomic E-state index is 5.43. The quantitative estimate of drug-likeness (QED) is 0.777. The van der Waals surface area contributed by atoms with Crippen LogP contribution in [0.1, 0.15) is 5.69 Å². The molecule has 19 heavy (non-hydrogen) atoms. The van der Waals surface area contributed by atoms with Gasteiger partial charge >= 0.3 is 0 Å². The van der Waals surface area contributed by atoms with E-state index in [2.05, 4.69) is 22.4 Å². The van der Waals surface area contributed by atoms with Gasteiger partial charge in [-0.2, -0.15) is 0 Å². The number of fused-ring (bicyclic) bond motifs is 1. The fourth-order valence-electron chi connectivity index (χ4n) is 1.96. The highest BCUT2D eigenvalue weighted by molar-refractivity contribution is 5.91. The molecule has 1 heterocycles. The molecule has 0 amide bonds. The minimum absolute atomic E-state index is 0.633. The molecule has 0 aliphatic carbocycles. The van der Waals surface area contributed by atoms with E-state index in [9.17, 15) is 0 Å². The molecule has 0 atom stereocenters. The smallest absolute Gasteiger partial charge is 0.0725 e. The summed E-state index contributed by atoms with van der Waals surface area (Å²) >= 11 is 0. The van der Waals surface area contributed by atoms with Gasteiger partial charge in [-0.1, -0.05) is 18.2 Å². The number of nitrogens with one attached hydrogen (secondary N) is 1. The van der Waals surface area contributed by atoms with E-state index in [1.165, 1.54) is 0 Å². The Morgan fingerprint density at radius 3 is 2.84 bits per heavy atom. The van der Waals surface area contributed by atoms with Crippen LogP contribution in [0.15, 0.2) is 30.3 Å². The highest BCUT2D eigenvalue weighted by atomic mass is 16.5. The summed E-state index contributed by atoms with van der Waals surface area (Å²) in [6.07, 6.45) is 0. The summed E-state index contributed by atoms with van der Waals surface area (Å²) in [6.45, 7) is 4.72. The number of para-hydroxylation sites is 1. The Balaban J connectivity index is 1.96. The number of methoxy groups -OCH3 is 1. The lowest BCUT2D eigenvalue weighted by Gasteiger charge is -2.11. The first-order valence-corrected chi connectivity index (χ1v) is 6.48. The maximum atomic E-state index is 5.43. The van der Waals surface area contributed by atoms with Crippen molar-refractivity contribution in [3.63, 3.8) is 0 Å². The zero-order valence-electron chi connectivity index (χ0n) is 11.5. The Labute approximate surface area is 113 Å². The molecule has 0 bridgehead atoms. The van der Waals surface area contributed by atoms with Crippen LogP contribution in [0.4, 0.5) is 5.69 Å². The molecule has 0 saturated carbocycles. The van der Waals surface area contributed by atoms with Gasteiger partial charge in [0.15, 0.2) is 0 Å². The second-order valence-corrected chi connectivity index (χ2v) is 4.36. The number of anilines is 1. The highest BCUT2D eigenvalue weighted by Crippen LogP contribution is 2.22. The van der Waals surface area contributed by atoms with Crippen molar-refractivity contribution in [2.75, 3.05) is 38.8 Å². The number of ether oxygens (including phenoxy) is 2. The molecule has 0 fully saturated rings. The third-order valence-electron chi connectivity index (χ3n) is 2.84. The second-order valence-electron chi connectivity index (χ2n) is 4.36. The van der Waals surface area contributed by atoms with Crippen LogP contribution in [0.25, 0.3) is 10.9 Å². The van der Waals surface area contributed by atoms with Crippen molar-refractivity contribution in [2.45, 2.75) is 6.92 Å². The standard InChI is InChI=1S/C15H20N2O2/c1-12-11-15(16-7-8-19-10-9-18-2)13-5-3-4-6-14(13)17-12/h3-6,11H,7-10H2,1-2H3,(H,16,17). The van der Waals surface area contributed by atoms with Gasteiger partial charge in [-0.25, -0.2) is 0 Å². The molecule has 0 aliphatic rings. The van der Waals surface area contributed by atoms with E-state index < -0.39 is 0 Å². The van der Waals surface area contributed by atoms with E-state index in [0.717, 1.165) is 28.8 Å². The van der Waals surface area contributed by atoms with Crippen LogP contribution in [-0.2, 0) is 9.47 Å². The van der Waals surface area contributed by atoms with Crippen molar-refractivity contribution >= 4 is 16.6 Å². The average Bonchev–Trinajstić information content (AvgIpc) is 2.42. The molecule has 0 radical (unpaired) electrons. The Kier molecular flexibility index (Phi) is 5.12. The lowest BCUT2D eigenvalue weighted by atomic mass is 10.1. The Bertz CT molecular complexity index is 529. The predicted molar refractivity (Wildman–Crippen MR) is 77.7 cm³/mol. The molecule has 4 heteroatoms. The van der Waals surface area contributed by atoms with Crippen LogP contribution in [0, 0.1) is 6.92 Å². The lowest BCUT2D eigenvalue weighted by Crippen LogP contribution is -2.12. The summed E-state index contributed by atoms with van der Waals surface area (Å²) in [6, 6.07) is 10.2. The topological polar surface area (TPSA) is 43.4 Å². The summed E-state index contributed by atoms with van der Waals surface area (Å²) < 4.78 is 10.4. The molecule has 1 N–H and O–H groups in total. The molecule has 4 nitrogen and oxygen atoms in total. The van der Waals surface area contributed by atoms with Gasteiger partial charge in [0.25, 0.3) is 0 Å². The van der Waals surface area contributed by atoms with Crippen LogP contribution in [0.2, 0.25) is 0 Å². The number of rotatable bonds is 7. The maximum Gasteiger partial charge on any atom is 0.0725 e. The summed E-state index contributed by atoms with van der Waals surface area (Å²) in [5.41, 5.74) is 3.14. The van der Waals surface area contributed by atoms with Gasteiger partial charge in [0.2, 0.25) is 0 Å². The van der Waals surface area contributed by atoms with Crippen molar-refractivity contribution < 1.29 is 9.47 Å². The third-order valence-corrected chi connectivity index (χ3v) is 2.84. The molecular weight excluding hydrogens is 240 g/mol. The first-order valence-electron chi connectivity index (χ1n) is 6.48. The van der Waals surface area contributed by atoms with Crippen molar-refractivity contribution in [3.8, 4) is 0 Å². The van der Waals surface area contributed by atoms with E-state index in [0.29, 0.717) is 19.8 Å². The van der Waals surface area contributed by atoms with Crippen LogP contribution in [0.5, 0.6) is 0 Å². The fraction of sp³-hybridized carbons (Fsp3) is 0.400. The van der Waals surface area contributed by atoms with Gasteiger partial charge in [0.05, 0.1) is 25.3 Å². The number of aryl methyl sites for hydroxylation is 1. The number of pyridine rings is 1. The van der Waals surface area contributed by atoms with Crippen molar-refractivity contribution in [3.05, 3.63) is 36.0 Å². The zero-order valence-corrected chi connectivity index (χ0v) is 11.5. The van der Waals surface area contributed by atoms with Crippen LogP contribution >= 0.6 is 0 Å².